The molecule has 1 amide bonds. The second-order valence-electron chi connectivity index (χ2n) is 4.40. The molecular formula is C12H18N4OS. The number of hydrogen-bond donors (Lipinski definition) is 3. The highest BCUT2D eigenvalue weighted by Gasteiger charge is 2.15. The van der Waals surface area contributed by atoms with Crippen LogP contribution in [0, 0.1) is 0 Å². The van der Waals surface area contributed by atoms with E-state index in [0.717, 1.165) is 6.54 Å². The van der Waals surface area contributed by atoms with Gasteiger partial charge in [0.25, 0.3) is 5.91 Å². The van der Waals surface area contributed by atoms with Crippen LogP contribution in [0.25, 0.3) is 0 Å². The minimum absolute atomic E-state index is 0.357. The number of rotatable bonds is 4. The van der Waals surface area contributed by atoms with Crippen molar-refractivity contribution in [2.75, 3.05) is 23.3 Å². The van der Waals surface area contributed by atoms with E-state index in [2.05, 4.69) is 10.3 Å². The Labute approximate surface area is 111 Å². The van der Waals surface area contributed by atoms with E-state index >= 15 is 0 Å². The first-order chi connectivity index (χ1) is 8.66. The van der Waals surface area contributed by atoms with Gasteiger partial charge in [0.1, 0.15) is 5.82 Å². The minimum atomic E-state index is -0.506. The van der Waals surface area contributed by atoms with Crippen molar-refractivity contribution < 1.29 is 4.79 Å². The fraction of sp³-hybridized carbons (Fsp3) is 0.500. The van der Waals surface area contributed by atoms with Gasteiger partial charge < -0.3 is 16.8 Å². The molecule has 1 aromatic rings. The average Bonchev–Trinajstić information content (AvgIpc) is 2.38. The summed E-state index contributed by atoms with van der Waals surface area (Å²) < 4.78 is 0. The van der Waals surface area contributed by atoms with Crippen LogP contribution in [0.4, 0.5) is 11.5 Å². The van der Waals surface area contributed by atoms with Crippen LogP contribution in [-0.4, -0.2) is 28.4 Å². The van der Waals surface area contributed by atoms with E-state index in [0.29, 0.717) is 22.3 Å². The summed E-state index contributed by atoms with van der Waals surface area (Å²) in [5.74, 6) is 1.24. The van der Waals surface area contributed by atoms with Crippen LogP contribution in [0.1, 0.15) is 29.6 Å². The van der Waals surface area contributed by atoms with Crippen LogP contribution in [0.3, 0.4) is 0 Å². The maximum atomic E-state index is 11.3. The second-order valence-corrected chi connectivity index (χ2v) is 5.81. The second kappa shape index (κ2) is 5.95. The maximum Gasteiger partial charge on any atom is 0.252 e. The molecule has 0 aromatic carbocycles. The molecular weight excluding hydrogens is 248 g/mol. The van der Waals surface area contributed by atoms with Gasteiger partial charge in [-0.15, -0.1) is 0 Å². The molecule has 0 saturated carbocycles. The van der Waals surface area contributed by atoms with Crippen LogP contribution >= 0.6 is 11.8 Å². The molecule has 1 aliphatic heterocycles. The lowest BCUT2D eigenvalue weighted by Gasteiger charge is -2.22. The molecule has 5 N–H and O–H groups in total. The molecule has 1 aliphatic rings. The first kappa shape index (κ1) is 13.0. The molecule has 1 unspecified atom stereocenters. The molecule has 1 saturated heterocycles. The number of carbonyl (C=O) groups excluding carboxylic acids is 1. The summed E-state index contributed by atoms with van der Waals surface area (Å²) in [5.41, 5.74) is 11.7. The van der Waals surface area contributed by atoms with Crippen LogP contribution in [-0.2, 0) is 0 Å². The van der Waals surface area contributed by atoms with E-state index in [1.807, 2.05) is 11.8 Å². The number of pyridine rings is 1. The number of nitrogens with two attached hydrogens (primary N) is 2. The smallest absolute Gasteiger partial charge is 0.252 e. The van der Waals surface area contributed by atoms with Gasteiger partial charge in [0.2, 0.25) is 0 Å². The number of anilines is 2. The predicted molar refractivity (Wildman–Crippen MR) is 75.8 cm³/mol. The van der Waals surface area contributed by atoms with Gasteiger partial charge in [-0.05, 0) is 24.7 Å². The Morgan fingerprint density at radius 2 is 2.39 bits per heavy atom. The van der Waals surface area contributed by atoms with Gasteiger partial charge in [-0.3, -0.25) is 4.79 Å². The first-order valence-electron chi connectivity index (χ1n) is 6.07. The van der Waals surface area contributed by atoms with E-state index in [-0.39, 0.29) is 0 Å². The summed E-state index contributed by atoms with van der Waals surface area (Å²) in [4.78, 5) is 15.4. The summed E-state index contributed by atoms with van der Waals surface area (Å²) in [7, 11) is 0. The summed E-state index contributed by atoms with van der Waals surface area (Å²) in [5, 5.41) is 3.79. The quantitative estimate of drug-likeness (QED) is 0.767. The maximum absolute atomic E-state index is 11.3. The van der Waals surface area contributed by atoms with Crippen LogP contribution in [0.2, 0.25) is 0 Å². The summed E-state index contributed by atoms with van der Waals surface area (Å²) in [6.45, 7) is 0.807. The molecule has 0 bridgehead atoms. The zero-order chi connectivity index (χ0) is 13.0. The predicted octanol–water partition coefficient (Wildman–Crippen LogP) is 1.46. The van der Waals surface area contributed by atoms with E-state index in [4.69, 9.17) is 11.5 Å². The molecule has 2 rings (SSSR count). The van der Waals surface area contributed by atoms with Crippen molar-refractivity contribution in [1.82, 2.24) is 4.98 Å². The molecule has 1 aromatic heterocycles. The van der Waals surface area contributed by atoms with E-state index < -0.39 is 5.91 Å². The third-order valence-corrected chi connectivity index (χ3v) is 4.34. The Bertz CT molecular complexity index is 432. The Hall–Kier alpha value is -1.43. The molecule has 0 radical (unpaired) electrons. The molecule has 5 nitrogen and oxygen atoms in total. The number of aromatic nitrogens is 1. The van der Waals surface area contributed by atoms with Gasteiger partial charge in [0.15, 0.2) is 0 Å². The van der Waals surface area contributed by atoms with Crippen LogP contribution in [0.15, 0.2) is 12.3 Å². The Balaban J connectivity index is 2.01. The number of thioether (sulfide) groups is 1. The molecule has 1 fully saturated rings. The van der Waals surface area contributed by atoms with E-state index in [1.165, 1.54) is 31.2 Å². The van der Waals surface area contributed by atoms with Gasteiger partial charge in [0, 0.05) is 11.8 Å². The van der Waals surface area contributed by atoms with Crippen LogP contribution < -0.4 is 16.8 Å². The van der Waals surface area contributed by atoms with Crippen molar-refractivity contribution in [1.29, 1.82) is 0 Å². The van der Waals surface area contributed by atoms with Gasteiger partial charge >= 0.3 is 0 Å². The number of primary amides is 1. The SMILES string of the molecule is NC(=O)c1cc(N)cnc1NCC1CCCCS1. The molecule has 98 valence electrons. The third-order valence-electron chi connectivity index (χ3n) is 2.95. The van der Waals surface area contributed by atoms with Crippen molar-refractivity contribution in [2.24, 2.45) is 5.73 Å². The normalized spacial score (nSPS) is 19.4. The zero-order valence-electron chi connectivity index (χ0n) is 10.2. The van der Waals surface area contributed by atoms with Gasteiger partial charge in [0.05, 0.1) is 17.4 Å². The van der Waals surface area contributed by atoms with Gasteiger partial charge in [-0.2, -0.15) is 11.8 Å². The lowest BCUT2D eigenvalue weighted by Crippen LogP contribution is -2.23. The number of hydrogen-bond acceptors (Lipinski definition) is 5. The lowest BCUT2D eigenvalue weighted by molar-refractivity contribution is 0.100. The average molecular weight is 266 g/mol. The molecule has 18 heavy (non-hydrogen) atoms. The molecule has 0 spiro atoms. The van der Waals surface area contributed by atoms with Gasteiger partial charge in [-0.1, -0.05) is 6.42 Å². The molecule has 1 atom stereocenters. The number of nitrogen functional groups attached to an aromatic ring is 1. The number of nitrogens with one attached hydrogen (secondary N) is 1. The zero-order valence-corrected chi connectivity index (χ0v) is 11.0. The van der Waals surface area contributed by atoms with Gasteiger partial charge in [-0.25, -0.2) is 4.98 Å². The Kier molecular flexibility index (Phi) is 4.30. The summed E-state index contributed by atoms with van der Waals surface area (Å²) in [6.07, 6.45) is 5.31. The first-order valence-corrected chi connectivity index (χ1v) is 7.12. The highest BCUT2D eigenvalue weighted by molar-refractivity contribution is 7.99. The largest absolute Gasteiger partial charge is 0.397 e. The van der Waals surface area contributed by atoms with E-state index in [9.17, 15) is 4.79 Å². The molecule has 6 heteroatoms. The van der Waals surface area contributed by atoms with Crippen molar-refractivity contribution in [2.45, 2.75) is 24.5 Å². The third kappa shape index (κ3) is 3.29. The molecule has 2 heterocycles. The topological polar surface area (TPSA) is 94.0 Å². The van der Waals surface area contributed by atoms with Crippen molar-refractivity contribution in [3.63, 3.8) is 0 Å². The van der Waals surface area contributed by atoms with Crippen molar-refractivity contribution in [3.8, 4) is 0 Å². The Morgan fingerprint density at radius 3 is 3.06 bits per heavy atom. The van der Waals surface area contributed by atoms with Crippen molar-refractivity contribution in [3.05, 3.63) is 17.8 Å². The highest BCUT2D eigenvalue weighted by Crippen LogP contribution is 2.25. The number of nitrogens with zero attached hydrogens (tertiary/aromatic N) is 1. The van der Waals surface area contributed by atoms with Crippen LogP contribution in [0.5, 0.6) is 0 Å². The molecule has 0 aliphatic carbocycles. The fourth-order valence-electron chi connectivity index (χ4n) is 1.99. The standard InChI is InChI=1S/C12H18N4OS/c13-8-5-10(11(14)17)12(15-6-8)16-7-9-3-1-2-4-18-9/h5-6,9H,1-4,7,13H2,(H2,14,17)(H,15,16). The lowest BCUT2D eigenvalue weighted by atomic mass is 10.2. The summed E-state index contributed by atoms with van der Waals surface area (Å²) in [6, 6.07) is 1.56. The minimum Gasteiger partial charge on any atom is -0.397 e. The fourth-order valence-corrected chi connectivity index (χ4v) is 3.23. The summed E-state index contributed by atoms with van der Waals surface area (Å²) >= 11 is 1.97. The highest BCUT2D eigenvalue weighted by atomic mass is 32.2. The number of amides is 1. The van der Waals surface area contributed by atoms with E-state index in [1.54, 1.807) is 6.07 Å². The monoisotopic (exact) mass is 266 g/mol. The number of carbonyl (C=O) groups is 1. The Morgan fingerprint density at radius 1 is 1.56 bits per heavy atom. The van der Waals surface area contributed by atoms with Crippen molar-refractivity contribution >= 4 is 29.2 Å².